The normalized spacial score (nSPS) is 40.0. The van der Waals surface area contributed by atoms with Gasteiger partial charge in [0.2, 0.25) is 0 Å². The van der Waals surface area contributed by atoms with E-state index in [9.17, 15) is 0 Å². The fraction of sp³-hybridized carbons (Fsp3) is 1.00. The van der Waals surface area contributed by atoms with E-state index in [2.05, 4.69) is 18.7 Å². The van der Waals surface area contributed by atoms with Crippen LogP contribution in [0, 0.1) is 17.8 Å². The Bertz CT molecular complexity index is 335. The molecule has 3 unspecified atom stereocenters. The first-order chi connectivity index (χ1) is 10.3. The maximum absolute atomic E-state index is 6.13. The molecule has 122 valence electrons. The van der Waals surface area contributed by atoms with E-state index in [-0.39, 0.29) is 5.72 Å². The molecule has 0 spiro atoms. The van der Waals surface area contributed by atoms with E-state index in [1.165, 1.54) is 44.9 Å². The van der Waals surface area contributed by atoms with Crippen LogP contribution in [0.5, 0.6) is 0 Å². The fourth-order valence-corrected chi connectivity index (χ4v) is 4.98. The summed E-state index contributed by atoms with van der Waals surface area (Å²) in [6, 6.07) is 0. The molecule has 3 aliphatic rings. The summed E-state index contributed by atoms with van der Waals surface area (Å²) in [5, 5.41) is 0. The minimum Gasteiger partial charge on any atom is -0.376 e. The lowest BCUT2D eigenvalue weighted by molar-refractivity contribution is -0.174. The molecule has 1 aliphatic carbocycles. The zero-order valence-electron chi connectivity index (χ0n) is 14.0. The molecule has 0 aromatic carbocycles. The van der Waals surface area contributed by atoms with E-state index in [0.717, 1.165) is 50.7 Å². The van der Waals surface area contributed by atoms with Gasteiger partial charge in [0, 0.05) is 13.1 Å². The molecule has 1 saturated carbocycles. The number of morpholine rings is 1. The van der Waals surface area contributed by atoms with Crippen molar-refractivity contribution < 1.29 is 9.47 Å². The predicted molar refractivity (Wildman–Crippen MR) is 85.2 cm³/mol. The van der Waals surface area contributed by atoms with Crippen molar-refractivity contribution >= 4 is 0 Å². The summed E-state index contributed by atoms with van der Waals surface area (Å²) >= 11 is 0. The standard InChI is InChI=1S/C18H33NO2/c1-3-5-15-13-16(17(15)6-4-2)7-8-18-14-20-11-9-19(18)10-12-21-18/h15-17H,3-14H2,1-2H3/t15?,16?,17-,18?/m0/s1. The summed E-state index contributed by atoms with van der Waals surface area (Å²) in [4.78, 5) is 2.54. The average molecular weight is 295 g/mol. The molecule has 2 aliphatic heterocycles. The Morgan fingerprint density at radius 3 is 2.57 bits per heavy atom. The van der Waals surface area contributed by atoms with Gasteiger partial charge in [0.15, 0.2) is 0 Å². The summed E-state index contributed by atoms with van der Waals surface area (Å²) in [6.45, 7) is 9.40. The largest absolute Gasteiger partial charge is 0.376 e. The third kappa shape index (κ3) is 3.16. The van der Waals surface area contributed by atoms with Gasteiger partial charge in [-0.1, -0.05) is 39.5 Å². The van der Waals surface area contributed by atoms with E-state index in [1.54, 1.807) is 0 Å². The number of hydrogen-bond donors (Lipinski definition) is 0. The average Bonchev–Trinajstić information content (AvgIpc) is 2.91. The quantitative estimate of drug-likeness (QED) is 0.715. The van der Waals surface area contributed by atoms with Gasteiger partial charge in [-0.25, -0.2) is 0 Å². The monoisotopic (exact) mass is 295 g/mol. The van der Waals surface area contributed by atoms with Gasteiger partial charge in [-0.05, 0) is 37.0 Å². The summed E-state index contributed by atoms with van der Waals surface area (Å²) < 4.78 is 11.9. The summed E-state index contributed by atoms with van der Waals surface area (Å²) in [7, 11) is 0. The van der Waals surface area contributed by atoms with Gasteiger partial charge in [-0.2, -0.15) is 0 Å². The van der Waals surface area contributed by atoms with Crippen LogP contribution in [0.25, 0.3) is 0 Å². The van der Waals surface area contributed by atoms with E-state index < -0.39 is 0 Å². The lowest BCUT2D eigenvalue weighted by atomic mass is 9.60. The van der Waals surface area contributed by atoms with Crippen molar-refractivity contribution in [1.29, 1.82) is 0 Å². The van der Waals surface area contributed by atoms with Crippen LogP contribution in [0.2, 0.25) is 0 Å². The van der Waals surface area contributed by atoms with Crippen LogP contribution in [-0.2, 0) is 9.47 Å². The molecule has 3 nitrogen and oxygen atoms in total. The third-order valence-corrected chi connectivity index (χ3v) is 6.15. The van der Waals surface area contributed by atoms with Gasteiger partial charge in [0.25, 0.3) is 0 Å². The van der Waals surface area contributed by atoms with Gasteiger partial charge >= 0.3 is 0 Å². The minimum absolute atomic E-state index is 0.0646. The molecule has 4 atom stereocenters. The topological polar surface area (TPSA) is 21.7 Å². The van der Waals surface area contributed by atoms with Crippen LogP contribution in [-0.4, -0.2) is 43.5 Å². The Balaban J connectivity index is 1.52. The predicted octanol–water partition coefficient (Wildman–Crippen LogP) is 3.68. The van der Waals surface area contributed by atoms with Gasteiger partial charge in [0.1, 0.15) is 5.72 Å². The second-order valence-electron chi connectivity index (χ2n) is 7.37. The highest BCUT2D eigenvalue weighted by Gasteiger charge is 2.46. The molecule has 2 saturated heterocycles. The van der Waals surface area contributed by atoms with Crippen LogP contribution < -0.4 is 0 Å². The molecule has 0 radical (unpaired) electrons. The Morgan fingerprint density at radius 2 is 1.76 bits per heavy atom. The fourth-order valence-electron chi connectivity index (χ4n) is 4.98. The Labute approximate surface area is 130 Å². The smallest absolute Gasteiger partial charge is 0.145 e. The first kappa shape index (κ1) is 15.8. The van der Waals surface area contributed by atoms with Crippen molar-refractivity contribution in [3.8, 4) is 0 Å². The van der Waals surface area contributed by atoms with Crippen LogP contribution in [0.4, 0.5) is 0 Å². The van der Waals surface area contributed by atoms with E-state index in [0.29, 0.717) is 0 Å². The Kier molecular flexibility index (Phi) is 5.23. The second-order valence-corrected chi connectivity index (χ2v) is 7.37. The van der Waals surface area contributed by atoms with Crippen molar-refractivity contribution in [3.63, 3.8) is 0 Å². The SMILES string of the molecule is CCCC1CC(CCC23COCCN2CCO3)[C@H]1CCC. The van der Waals surface area contributed by atoms with Gasteiger partial charge < -0.3 is 9.47 Å². The first-order valence-electron chi connectivity index (χ1n) is 9.26. The number of rotatable bonds is 7. The summed E-state index contributed by atoms with van der Waals surface area (Å²) in [5.74, 6) is 2.95. The number of hydrogen-bond acceptors (Lipinski definition) is 3. The molecule has 0 aromatic rings. The molecule has 0 bridgehead atoms. The molecular formula is C18H33NO2. The lowest BCUT2D eigenvalue weighted by Crippen LogP contribution is -2.54. The first-order valence-corrected chi connectivity index (χ1v) is 9.26. The zero-order chi connectivity index (χ0) is 14.7. The second kappa shape index (κ2) is 6.97. The van der Waals surface area contributed by atoms with Gasteiger partial charge in [-0.3, -0.25) is 4.90 Å². The summed E-state index contributed by atoms with van der Waals surface area (Å²) in [5.41, 5.74) is -0.0646. The third-order valence-electron chi connectivity index (χ3n) is 6.15. The molecular weight excluding hydrogens is 262 g/mol. The van der Waals surface area contributed by atoms with Crippen molar-refractivity contribution in [2.24, 2.45) is 17.8 Å². The molecule has 3 heteroatoms. The van der Waals surface area contributed by atoms with Crippen molar-refractivity contribution in [3.05, 3.63) is 0 Å². The Hall–Kier alpha value is -0.120. The highest BCUT2D eigenvalue weighted by atomic mass is 16.6. The number of fused-ring (bicyclic) bond motifs is 1. The van der Waals surface area contributed by atoms with Crippen molar-refractivity contribution in [1.82, 2.24) is 4.90 Å². The van der Waals surface area contributed by atoms with Crippen molar-refractivity contribution in [2.75, 3.05) is 32.9 Å². The van der Waals surface area contributed by atoms with E-state index in [1.807, 2.05) is 0 Å². The highest BCUT2D eigenvalue weighted by molar-refractivity contribution is 4.94. The summed E-state index contributed by atoms with van der Waals surface area (Å²) in [6.07, 6.45) is 9.56. The van der Waals surface area contributed by atoms with Crippen LogP contribution in [0.3, 0.4) is 0 Å². The maximum Gasteiger partial charge on any atom is 0.145 e. The Morgan fingerprint density at radius 1 is 1.00 bits per heavy atom. The molecule has 3 fully saturated rings. The number of nitrogens with zero attached hydrogens (tertiary/aromatic N) is 1. The number of ether oxygens (including phenoxy) is 2. The van der Waals surface area contributed by atoms with Crippen molar-refractivity contribution in [2.45, 2.75) is 64.5 Å². The van der Waals surface area contributed by atoms with Crippen LogP contribution in [0.1, 0.15) is 58.8 Å². The molecule has 21 heavy (non-hydrogen) atoms. The zero-order valence-corrected chi connectivity index (χ0v) is 14.0. The minimum atomic E-state index is -0.0646. The highest BCUT2D eigenvalue weighted by Crippen LogP contribution is 2.49. The van der Waals surface area contributed by atoms with E-state index >= 15 is 0 Å². The van der Waals surface area contributed by atoms with Gasteiger partial charge in [0.05, 0.1) is 19.8 Å². The molecule has 3 rings (SSSR count). The van der Waals surface area contributed by atoms with Crippen LogP contribution >= 0.6 is 0 Å². The molecule has 0 aromatic heterocycles. The molecule has 0 amide bonds. The van der Waals surface area contributed by atoms with E-state index in [4.69, 9.17) is 9.47 Å². The van der Waals surface area contributed by atoms with Crippen LogP contribution in [0.15, 0.2) is 0 Å². The molecule has 0 N–H and O–H groups in total. The van der Waals surface area contributed by atoms with Gasteiger partial charge in [-0.15, -0.1) is 0 Å². The molecule has 2 heterocycles. The lowest BCUT2D eigenvalue weighted by Gasteiger charge is -2.48. The maximum atomic E-state index is 6.13.